The molecule has 1 atom stereocenters. The normalized spacial score (nSPS) is 12.9. The van der Waals surface area contributed by atoms with Gasteiger partial charge in [0.2, 0.25) is 0 Å². The van der Waals surface area contributed by atoms with Crippen LogP contribution in [0.25, 0.3) is 0 Å². The van der Waals surface area contributed by atoms with E-state index in [4.69, 9.17) is 14.2 Å². The monoisotopic (exact) mass is 506 g/mol. The van der Waals surface area contributed by atoms with Crippen molar-refractivity contribution in [3.05, 3.63) is 34.9 Å². The van der Waals surface area contributed by atoms with Gasteiger partial charge in [-0.25, -0.2) is 17.6 Å². The first-order valence-corrected chi connectivity index (χ1v) is 13.6. The molecule has 0 aliphatic heterocycles. The molecule has 0 heterocycles. The summed E-state index contributed by atoms with van der Waals surface area (Å²) in [6.45, 7) is 9.68. The highest BCUT2D eigenvalue weighted by Gasteiger charge is 2.42. The number of hydrogen-bond donors (Lipinski definition) is 0. The summed E-state index contributed by atoms with van der Waals surface area (Å²) < 4.78 is 73.6. The first-order chi connectivity index (χ1) is 16.9. The van der Waals surface area contributed by atoms with Crippen LogP contribution in [0, 0.1) is 29.2 Å². The highest BCUT2D eigenvalue weighted by Crippen LogP contribution is 2.35. The van der Waals surface area contributed by atoms with E-state index in [2.05, 4.69) is 6.92 Å². The summed E-state index contributed by atoms with van der Waals surface area (Å²) in [7, 11) is 0. The van der Waals surface area contributed by atoms with Crippen LogP contribution in [0.5, 0.6) is 0 Å². The lowest BCUT2D eigenvalue weighted by Gasteiger charge is -2.40. The molecular formula is C28H46F4O3. The largest absolute Gasteiger partial charge is 0.327 e. The van der Waals surface area contributed by atoms with E-state index in [0.717, 1.165) is 51.0 Å². The van der Waals surface area contributed by atoms with Crippen LogP contribution in [0.1, 0.15) is 110 Å². The minimum absolute atomic E-state index is 0.0817. The molecule has 1 unspecified atom stereocenters. The van der Waals surface area contributed by atoms with E-state index in [0.29, 0.717) is 32.7 Å². The topological polar surface area (TPSA) is 27.7 Å². The SMILES string of the molecule is CCCCCCCCC(CCCc1cc(F)c(F)c(F)c1F)C(OCCC)(OCCC)OCCC. The maximum absolute atomic E-state index is 14.2. The van der Waals surface area contributed by atoms with Crippen molar-refractivity contribution in [2.45, 2.75) is 117 Å². The van der Waals surface area contributed by atoms with Crippen LogP contribution in [-0.2, 0) is 20.6 Å². The fourth-order valence-electron chi connectivity index (χ4n) is 4.22. The second kappa shape index (κ2) is 18.1. The Labute approximate surface area is 209 Å². The first kappa shape index (κ1) is 31.8. The van der Waals surface area contributed by atoms with E-state index < -0.39 is 29.2 Å². The third-order valence-corrected chi connectivity index (χ3v) is 6.10. The third kappa shape index (κ3) is 10.8. The van der Waals surface area contributed by atoms with Gasteiger partial charge in [0.15, 0.2) is 23.3 Å². The summed E-state index contributed by atoms with van der Waals surface area (Å²) >= 11 is 0. The molecule has 1 rings (SSSR count). The molecule has 0 saturated carbocycles. The average molecular weight is 507 g/mol. The van der Waals surface area contributed by atoms with Gasteiger partial charge in [-0.05, 0) is 56.6 Å². The van der Waals surface area contributed by atoms with Gasteiger partial charge >= 0.3 is 0 Å². The molecule has 1 aromatic rings. The molecule has 0 amide bonds. The van der Waals surface area contributed by atoms with Gasteiger partial charge in [0.1, 0.15) is 0 Å². The van der Waals surface area contributed by atoms with Gasteiger partial charge in [0.25, 0.3) is 5.97 Å². The molecule has 0 radical (unpaired) electrons. The highest BCUT2D eigenvalue weighted by molar-refractivity contribution is 5.21. The van der Waals surface area contributed by atoms with Crippen molar-refractivity contribution in [3.63, 3.8) is 0 Å². The molecule has 0 aliphatic carbocycles. The Balaban J connectivity index is 3.04. The fourth-order valence-corrected chi connectivity index (χ4v) is 4.22. The van der Waals surface area contributed by atoms with Gasteiger partial charge < -0.3 is 14.2 Å². The predicted molar refractivity (Wildman–Crippen MR) is 132 cm³/mol. The summed E-state index contributed by atoms with van der Waals surface area (Å²) in [6, 6.07) is 0.748. The number of hydrogen-bond acceptors (Lipinski definition) is 3. The van der Waals surface area contributed by atoms with Crippen molar-refractivity contribution in [2.24, 2.45) is 5.92 Å². The molecule has 35 heavy (non-hydrogen) atoms. The lowest BCUT2D eigenvalue weighted by molar-refractivity contribution is -0.406. The molecule has 0 aromatic heterocycles. The Morgan fingerprint density at radius 2 is 1.14 bits per heavy atom. The molecular weight excluding hydrogens is 460 g/mol. The summed E-state index contributed by atoms with van der Waals surface area (Å²) in [4.78, 5) is 0. The van der Waals surface area contributed by atoms with Crippen LogP contribution < -0.4 is 0 Å². The Hall–Kier alpha value is -1.18. The molecule has 0 spiro atoms. The van der Waals surface area contributed by atoms with Crippen molar-refractivity contribution < 1.29 is 31.8 Å². The third-order valence-electron chi connectivity index (χ3n) is 6.10. The Morgan fingerprint density at radius 1 is 0.629 bits per heavy atom. The van der Waals surface area contributed by atoms with Gasteiger partial charge in [-0.1, -0.05) is 66.2 Å². The second-order valence-electron chi connectivity index (χ2n) is 9.25. The standard InChI is InChI=1S/C28H46F4O3/c1-5-9-10-11-12-13-16-23(28(33-18-6-2,34-19-7-3)35-20-8-4)17-14-15-22-21-24(29)26(31)27(32)25(22)30/h21,23H,5-20H2,1-4H3. The maximum atomic E-state index is 14.2. The summed E-state index contributed by atoms with van der Waals surface area (Å²) in [6.07, 6.45) is 11.1. The average Bonchev–Trinajstić information content (AvgIpc) is 2.86. The first-order valence-electron chi connectivity index (χ1n) is 13.6. The smallest absolute Gasteiger partial charge is 0.285 e. The lowest BCUT2D eigenvalue weighted by Crippen LogP contribution is -2.47. The van der Waals surface area contributed by atoms with Crippen LogP contribution in [0.2, 0.25) is 0 Å². The van der Waals surface area contributed by atoms with Gasteiger partial charge in [-0.3, -0.25) is 0 Å². The van der Waals surface area contributed by atoms with Gasteiger partial charge in [0, 0.05) is 5.92 Å². The highest BCUT2D eigenvalue weighted by atomic mass is 19.2. The van der Waals surface area contributed by atoms with E-state index in [-0.39, 0.29) is 17.9 Å². The maximum Gasteiger partial charge on any atom is 0.285 e. The van der Waals surface area contributed by atoms with E-state index in [1.807, 2.05) is 20.8 Å². The second-order valence-corrected chi connectivity index (χ2v) is 9.25. The van der Waals surface area contributed by atoms with Crippen LogP contribution in [0.3, 0.4) is 0 Å². The van der Waals surface area contributed by atoms with E-state index in [1.54, 1.807) is 0 Å². The number of unbranched alkanes of at least 4 members (excludes halogenated alkanes) is 5. The minimum Gasteiger partial charge on any atom is -0.327 e. The van der Waals surface area contributed by atoms with Crippen molar-refractivity contribution in [3.8, 4) is 0 Å². The molecule has 0 N–H and O–H groups in total. The van der Waals surface area contributed by atoms with Crippen LogP contribution in [0.15, 0.2) is 6.07 Å². The Morgan fingerprint density at radius 3 is 1.69 bits per heavy atom. The predicted octanol–water partition coefficient (Wildman–Crippen LogP) is 8.87. The summed E-state index contributed by atoms with van der Waals surface area (Å²) in [5, 5.41) is 0. The zero-order valence-corrected chi connectivity index (χ0v) is 22.2. The van der Waals surface area contributed by atoms with Crippen LogP contribution >= 0.6 is 0 Å². The van der Waals surface area contributed by atoms with Crippen LogP contribution in [-0.4, -0.2) is 25.8 Å². The number of ether oxygens (including phenoxy) is 3. The summed E-state index contributed by atoms with van der Waals surface area (Å²) in [5.74, 6) is -7.57. The number of aryl methyl sites for hydroxylation is 1. The van der Waals surface area contributed by atoms with Gasteiger partial charge in [-0.15, -0.1) is 0 Å². The quantitative estimate of drug-likeness (QED) is 0.0548. The molecule has 7 heteroatoms. The fraction of sp³-hybridized carbons (Fsp3) is 0.786. The number of halogens is 4. The van der Waals surface area contributed by atoms with E-state index in [1.165, 1.54) is 19.3 Å². The number of benzene rings is 1. The van der Waals surface area contributed by atoms with E-state index in [9.17, 15) is 17.6 Å². The van der Waals surface area contributed by atoms with Crippen molar-refractivity contribution >= 4 is 0 Å². The Kier molecular flexibility index (Phi) is 16.5. The Bertz CT molecular complexity index is 677. The van der Waals surface area contributed by atoms with Crippen LogP contribution in [0.4, 0.5) is 17.6 Å². The van der Waals surface area contributed by atoms with E-state index >= 15 is 0 Å². The minimum atomic E-state index is -1.78. The number of rotatable bonds is 21. The van der Waals surface area contributed by atoms with Crippen molar-refractivity contribution in [1.29, 1.82) is 0 Å². The van der Waals surface area contributed by atoms with Crippen molar-refractivity contribution in [1.82, 2.24) is 0 Å². The molecule has 0 fully saturated rings. The van der Waals surface area contributed by atoms with Gasteiger partial charge in [0.05, 0.1) is 19.8 Å². The molecule has 204 valence electrons. The zero-order valence-electron chi connectivity index (χ0n) is 22.2. The molecule has 3 nitrogen and oxygen atoms in total. The zero-order chi connectivity index (χ0) is 26.1. The lowest BCUT2D eigenvalue weighted by atomic mass is 9.91. The molecule has 0 aliphatic rings. The van der Waals surface area contributed by atoms with Gasteiger partial charge in [-0.2, -0.15) is 0 Å². The molecule has 0 bridgehead atoms. The molecule has 1 aromatic carbocycles. The van der Waals surface area contributed by atoms with Crippen molar-refractivity contribution in [2.75, 3.05) is 19.8 Å². The summed E-state index contributed by atoms with van der Waals surface area (Å²) in [5.41, 5.74) is -0.163. The molecule has 0 saturated heterocycles.